The van der Waals surface area contributed by atoms with Crippen LogP contribution in [-0.4, -0.2) is 44.4 Å². The Hall–Kier alpha value is -3.15. The van der Waals surface area contributed by atoms with E-state index >= 15 is 0 Å². The van der Waals surface area contributed by atoms with Gasteiger partial charge in [0, 0.05) is 18.0 Å². The number of thioether (sulfide) groups is 1. The van der Waals surface area contributed by atoms with Crippen LogP contribution >= 0.6 is 34.7 Å². The molecule has 0 fully saturated rings. The van der Waals surface area contributed by atoms with Crippen LogP contribution in [-0.2, 0) is 22.5 Å². The van der Waals surface area contributed by atoms with Gasteiger partial charge in [-0.1, -0.05) is 41.6 Å². The van der Waals surface area contributed by atoms with E-state index in [0.717, 1.165) is 22.7 Å². The molecule has 2 aromatic heterocycles. The molecule has 36 heavy (non-hydrogen) atoms. The number of benzene rings is 1. The SMILES string of the molecule is C=CCn1c(Cc2ccc(Cl)cc2)nnc1SCC(=O)Nc1sc(C(N)=O)c(C)c1C(=O)OC(C)C. The molecule has 0 aliphatic heterocycles. The number of nitrogens with zero attached hydrogens (tertiary/aromatic N) is 3. The molecule has 0 radical (unpaired) electrons. The molecule has 3 aromatic rings. The number of nitrogens with two attached hydrogens (primary N) is 1. The smallest absolute Gasteiger partial charge is 0.341 e. The lowest BCUT2D eigenvalue weighted by Crippen LogP contribution is -2.18. The number of carbonyl (C=O) groups is 3. The van der Waals surface area contributed by atoms with Gasteiger partial charge in [0.1, 0.15) is 10.8 Å². The van der Waals surface area contributed by atoms with Crippen LogP contribution in [0.25, 0.3) is 0 Å². The number of amides is 2. The first-order valence-electron chi connectivity index (χ1n) is 10.9. The number of hydrogen-bond donors (Lipinski definition) is 2. The zero-order valence-electron chi connectivity index (χ0n) is 20.0. The number of esters is 1. The van der Waals surface area contributed by atoms with E-state index in [4.69, 9.17) is 22.1 Å². The zero-order valence-corrected chi connectivity index (χ0v) is 22.4. The number of ether oxygens (including phenoxy) is 1. The maximum absolute atomic E-state index is 12.8. The number of rotatable bonds is 11. The molecule has 12 heteroatoms. The second-order valence-corrected chi connectivity index (χ2v) is 10.4. The van der Waals surface area contributed by atoms with Crippen molar-refractivity contribution in [2.45, 2.75) is 45.0 Å². The number of anilines is 1. The van der Waals surface area contributed by atoms with Crippen molar-refractivity contribution >= 4 is 57.5 Å². The van der Waals surface area contributed by atoms with Crippen molar-refractivity contribution in [1.29, 1.82) is 0 Å². The number of primary amides is 1. The number of hydrogen-bond acceptors (Lipinski definition) is 8. The molecule has 0 saturated carbocycles. The Labute approximate surface area is 222 Å². The zero-order chi connectivity index (χ0) is 26.4. The maximum Gasteiger partial charge on any atom is 0.341 e. The lowest BCUT2D eigenvalue weighted by atomic mass is 10.1. The minimum absolute atomic E-state index is 0.00224. The van der Waals surface area contributed by atoms with E-state index in [2.05, 4.69) is 22.1 Å². The summed E-state index contributed by atoms with van der Waals surface area (Å²) in [6, 6.07) is 7.46. The van der Waals surface area contributed by atoms with Crippen LogP contribution in [0.2, 0.25) is 5.02 Å². The number of allylic oxidation sites excluding steroid dienone is 1. The summed E-state index contributed by atoms with van der Waals surface area (Å²) in [5.74, 6) is -0.983. The molecule has 9 nitrogen and oxygen atoms in total. The molecule has 3 N–H and O–H groups in total. The average Bonchev–Trinajstić information content (AvgIpc) is 3.34. The van der Waals surface area contributed by atoms with Gasteiger partial charge in [0.05, 0.1) is 22.3 Å². The van der Waals surface area contributed by atoms with Crippen LogP contribution in [0.3, 0.4) is 0 Å². The highest BCUT2D eigenvalue weighted by Crippen LogP contribution is 2.34. The van der Waals surface area contributed by atoms with Crippen LogP contribution in [0, 0.1) is 6.92 Å². The summed E-state index contributed by atoms with van der Waals surface area (Å²) in [7, 11) is 0. The Morgan fingerprint density at radius 1 is 1.28 bits per heavy atom. The second-order valence-electron chi connectivity index (χ2n) is 8.02. The van der Waals surface area contributed by atoms with Crippen LogP contribution in [0.15, 0.2) is 42.1 Å². The monoisotopic (exact) mass is 547 g/mol. The number of halogens is 1. The largest absolute Gasteiger partial charge is 0.459 e. The lowest BCUT2D eigenvalue weighted by molar-refractivity contribution is -0.113. The van der Waals surface area contributed by atoms with E-state index in [1.54, 1.807) is 26.8 Å². The standard InChI is InChI=1S/C24H26ClN5O4S2/c1-5-10-30-17(11-15-6-8-16(25)9-7-15)28-29-24(30)35-12-18(31)27-22-19(23(33)34-13(2)3)14(4)20(36-22)21(26)32/h5-9,13H,1,10-12H2,2-4H3,(H2,26,32)(H,27,31). The number of thiophene rings is 1. The van der Waals surface area contributed by atoms with E-state index < -0.39 is 11.9 Å². The number of carbonyl (C=O) groups excluding carboxylic acids is 3. The van der Waals surface area contributed by atoms with Crippen LogP contribution in [0.5, 0.6) is 0 Å². The Balaban J connectivity index is 1.75. The van der Waals surface area contributed by atoms with Crippen molar-refractivity contribution < 1.29 is 19.1 Å². The fourth-order valence-corrected chi connectivity index (χ4v) is 5.26. The molecule has 1 aromatic carbocycles. The van der Waals surface area contributed by atoms with E-state index in [1.807, 2.05) is 28.8 Å². The first-order chi connectivity index (χ1) is 17.1. The predicted molar refractivity (Wildman–Crippen MR) is 142 cm³/mol. The third-order valence-electron chi connectivity index (χ3n) is 4.88. The highest BCUT2D eigenvalue weighted by atomic mass is 35.5. The van der Waals surface area contributed by atoms with Crippen molar-refractivity contribution in [2.24, 2.45) is 5.73 Å². The number of nitrogens with one attached hydrogen (secondary N) is 1. The molecule has 0 unspecified atom stereocenters. The molecule has 190 valence electrons. The minimum atomic E-state index is -0.684. The van der Waals surface area contributed by atoms with Gasteiger partial charge in [0.2, 0.25) is 5.91 Å². The summed E-state index contributed by atoms with van der Waals surface area (Å²) in [6.45, 7) is 9.29. The quantitative estimate of drug-likeness (QED) is 0.206. The third kappa shape index (κ3) is 6.74. The van der Waals surface area contributed by atoms with Crippen LogP contribution in [0.4, 0.5) is 5.00 Å². The first kappa shape index (κ1) is 27.4. The summed E-state index contributed by atoms with van der Waals surface area (Å²) >= 11 is 8.11. The van der Waals surface area contributed by atoms with Crippen LogP contribution < -0.4 is 11.1 Å². The van der Waals surface area contributed by atoms with Gasteiger partial charge in [-0.15, -0.1) is 28.1 Å². The van der Waals surface area contributed by atoms with E-state index in [1.165, 1.54) is 11.8 Å². The molecular weight excluding hydrogens is 522 g/mol. The molecule has 2 amide bonds. The normalized spacial score (nSPS) is 10.9. The Kier molecular flexibility index (Phi) is 9.30. The van der Waals surface area contributed by atoms with Gasteiger partial charge in [0.15, 0.2) is 5.16 Å². The van der Waals surface area contributed by atoms with Gasteiger partial charge >= 0.3 is 5.97 Å². The van der Waals surface area contributed by atoms with Gasteiger partial charge in [-0.3, -0.25) is 9.59 Å². The van der Waals surface area contributed by atoms with Crippen molar-refractivity contribution in [3.8, 4) is 0 Å². The molecule has 0 spiro atoms. The fourth-order valence-electron chi connectivity index (χ4n) is 3.30. The lowest BCUT2D eigenvalue weighted by Gasteiger charge is -2.10. The van der Waals surface area contributed by atoms with Crippen molar-refractivity contribution in [2.75, 3.05) is 11.1 Å². The molecule has 2 heterocycles. The third-order valence-corrected chi connectivity index (χ3v) is 7.32. The minimum Gasteiger partial charge on any atom is -0.459 e. The first-order valence-corrected chi connectivity index (χ1v) is 13.1. The summed E-state index contributed by atoms with van der Waals surface area (Å²) in [5.41, 5.74) is 6.96. The summed E-state index contributed by atoms with van der Waals surface area (Å²) < 4.78 is 7.16. The molecule has 0 aliphatic rings. The average molecular weight is 548 g/mol. The fraction of sp³-hybridized carbons (Fsp3) is 0.292. The second kappa shape index (κ2) is 12.2. The van der Waals surface area contributed by atoms with Gasteiger partial charge < -0.3 is 20.4 Å². The number of aromatic nitrogens is 3. The molecular formula is C24H26ClN5O4S2. The highest BCUT2D eigenvalue weighted by molar-refractivity contribution is 7.99. The van der Waals surface area contributed by atoms with Crippen LogP contribution in [0.1, 0.15) is 50.8 Å². The summed E-state index contributed by atoms with van der Waals surface area (Å²) in [4.78, 5) is 37.4. The Bertz CT molecular complexity index is 1280. The van der Waals surface area contributed by atoms with Crippen molar-refractivity contribution in [3.63, 3.8) is 0 Å². The summed E-state index contributed by atoms with van der Waals surface area (Å²) in [5, 5.41) is 12.7. The van der Waals surface area contributed by atoms with Gasteiger partial charge in [-0.2, -0.15) is 0 Å². The van der Waals surface area contributed by atoms with Gasteiger partial charge in [-0.25, -0.2) is 4.79 Å². The highest BCUT2D eigenvalue weighted by Gasteiger charge is 2.26. The van der Waals surface area contributed by atoms with Gasteiger partial charge in [-0.05, 0) is 44.0 Å². The van der Waals surface area contributed by atoms with E-state index in [0.29, 0.717) is 28.7 Å². The molecule has 3 rings (SSSR count). The van der Waals surface area contributed by atoms with Gasteiger partial charge in [0.25, 0.3) is 5.91 Å². The Morgan fingerprint density at radius 2 is 1.97 bits per heavy atom. The predicted octanol–water partition coefficient (Wildman–Crippen LogP) is 4.47. The molecule has 0 aliphatic carbocycles. The molecule has 0 atom stereocenters. The Morgan fingerprint density at radius 3 is 2.58 bits per heavy atom. The summed E-state index contributed by atoms with van der Waals surface area (Å²) in [6.07, 6.45) is 1.90. The maximum atomic E-state index is 12.8. The topological polar surface area (TPSA) is 129 Å². The van der Waals surface area contributed by atoms with Crippen molar-refractivity contribution in [1.82, 2.24) is 14.8 Å². The van der Waals surface area contributed by atoms with E-state index in [-0.39, 0.29) is 33.2 Å². The molecule has 0 saturated heterocycles. The molecule has 0 bridgehead atoms. The van der Waals surface area contributed by atoms with Crippen molar-refractivity contribution in [3.05, 3.63) is 69.3 Å². The van der Waals surface area contributed by atoms with E-state index in [9.17, 15) is 14.4 Å².